The van der Waals surface area contributed by atoms with E-state index < -0.39 is 23.4 Å². The predicted octanol–water partition coefficient (Wildman–Crippen LogP) is 1.50. The van der Waals surface area contributed by atoms with E-state index in [4.69, 9.17) is 4.42 Å². The van der Waals surface area contributed by atoms with Crippen molar-refractivity contribution in [3.05, 3.63) is 48.7 Å². The van der Waals surface area contributed by atoms with E-state index in [-0.39, 0.29) is 13.1 Å². The van der Waals surface area contributed by atoms with Gasteiger partial charge in [-0.15, -0.1) is 6.58 Å². The summed E-state index contributed by atoms with van der Waals surface area (Å²) in [5.74, 6) is -0.636. The molecule has 3 rings (SSSR count). The van der Waals surface area contributed by atoms with Gasteiger partial charge in [0.05, 0.1) is 0 Å². The van der Waals surface area contributed by atoms with Gasteiger partial charge in [0.1, 0.15) is 17.9 Å². The molecule has 0 bridgehead atoms. The molecule has 0 radical (unpaired) electrons. The molecular weight excluding hydrogens is 310 g/mol. The highest BCUT2D eigenvalue weighted by molar-refractivity contribution is 6.09. The molecule has 2 aromatic rings. The van der Waals surface area contributed by atoms with Crippen LogP contribution in [-0.4, -0.2) is 35.8 Å². The Hall–Kier alpha value is -3.09. The van der Waals surface area contributed by atoms with Crippen molar-refractivity contribution in [1.29, 1.82) is 0 Å². The van der Waals surface area contributed by atoms with E-state index in [1.54, 1.807) is 19.1 Å². The van der Waals surface area contributed by atoms with Crippen LogP contribution in [0, 0.1) is 0 Å². The fraction of sp³-hybridized carbons (Fsp3) is 0.235. The smallest absolute Gasteiger partial charge is 0.325 e. The first-order valence-electron chi connectivity index (χ1n) is 7.46. The fourth-order valence-electron chi connectivity index (χ4n) is 2.62. The molecule has 2 heterocycles. The van der Waals surface area contributed by atoms with Crippen molar-refractivity contribution >= 4 is 28.8 Å². The molecule has 1 aromatic carbocycles. The topological polar surface area (TPSA) is 91.7 Å². The number of para-hydroxylation sites is 1. The lowest BCUT2D eigenvalue weighted by molar-refractivity contribution is -0.135. The molecular formula is C17H17N3O4. The molecule has 1 saturated heterocycles. The summed E-state index contributed by atoms with van der Waals surface area (Å²) < 4.78 is 5.72. The number of amides is 4. The van der Waals surface area contributed by atoms with Crippen LogP contribution < -0.4 is 10.6 Å². The number of hydrogen-bond donors (Lipinski definition) is 2. The molecule has 2 N–H and O–H groups in total. The minimum Gasteiger partial charge on any atom is -0.458 e. The van der Waals surface area contributed by atoms with Crippen LogP contribution in [0.15, 0.2) is 47.4 Å². The van der Waals surface area contributed by atoms with E-state index in [0.717, 1.165) is 10.3 Å². The SMILES string of the molecule is C=CCNC(=O)CN1C(=O)N[C@@](C)(c2cc3ccccc3o2)C1=O. The van der Waals surface area contributed by atoms with Crippen LogP contribution >= 0.6 is 0 Å². The monoisotopic (exact) mass is 327 g/mol. The summed E-state index contributed by atoms with van der Waals surface area (Å²) in [4.78, 5) is 37.5. The molecule has 1 fully saturated rings. The molecule has 0 spiro atoms. The summed E-state index contributed by atoms with van der Waals surface area (Å²) in [6.07, 6.45) is 1.52. The third kappa shape index (κ3) is 2.54. The van der Waals surface area contributed by atoms with Gasteiger partial charge in [-0.1, -0.05) is 24.3 Å². The van der Waals surface area contributed by atoms with Crippen LogP contribution in [-0.2, 0) is 15.1 Å². The third-order valence-corrected chi connectivity index (χ3v) is 3.94. The highest BCUT2D eigenvalue weighted by Gasteiger charge is 2.51. The largest absolute Gasteiger partial charge is 0.458 e. The van der Waals surface area contributed by atoms with Crippen molar-refractivity contribution < 1.29 is 18.8 Å². The number of nitrogens with one attached hydrogen (secondary N) is 2. The van der Waals surface area contributed by atoms with Crippen LogP contribution in [0.5, 0.6) is 0 Å². The first-order valence-corrected chi connectivity index (χ1v) is 7.46. The average Bonchev–Trinajstić information content (AvgIpc) is 3.09. The molecule has 4 amide bonds. The van der Waals surface area contributed by atoms with Gasteiger partial charge in [-0.3, -0.25) is 14.5 Å². The van der Waals surface area contributed by atoms with Gasteiger partial charge in [0.15, 0.2) is 5.54 Å². The molecule has 0 unspecified atom stereocenters. The van der Waals surface area contributed by atoms with Gasteiger partial charge in [-0.25, -0.2) is 4.79 Å². The van der Waals surface area contributed by atoms with E-state index in [2.05, 4.69) is 17.2 Å². The lowest BCUT2D eigenvalue weighted by atomic mass is 9.99. The normalized spacial score (nSPS) is 20.3. The number of hydrogen-bond acceptors (Lipinski definition) is 4. The Bertz CT molecular complexity index is 808. The number of carbonyl (C=O) groups is 3. The molecule has 1 aromatic heterocycles. The lowest BCUT2D eigenvalue weighted by Crippen LogP contribution is -2.43. The van der Waals surface area contributed by atoms with E-state index in [1.807, 2.05) is 18.2 Å². The first kappa shape index (κ1) is 15.8. The lowest BCUT2D eigenvalue weighted by Gasteiger charge is -2.18. The Morgan fingerprint density at radius 3 is 2.88 bits per heavy atom. The highest BCUT2D eigenvalue weighted by atomic mass is 16.3. The Balaban J connectivity index is 1.86. The predicted molar refractivity (Wildman–Crippen MR) is 87.0 cm³/mol. The van der Waals surface area contributed by atoms with Crippen LogP contribution in [0.1, 0.15) is 12.7 Å². The Morgan fingerprint density at radius 1 is 1.42 bits per heavy atom. The molecule has 1 atom stereocenters. The Labute approximate surface area is 138 Å². The summed E-state index contributed by atoms with van der Waals surface area (Å²) in [5.41, 5.74) is -0.715. The summed E-state index contributed by atoms with van der Waals surface area (Å²) >= 11 is 0. The van der Waals surface area contributed by atoms with Crippen LogP contribution in [0.4, 0.5) is 4.79 Å². The molecule has 7 heteroatoms. The zero-order valence-corrected chi connectivity index (χ0v) is 13.2. The van der Waals surface area contributed by atoms with E-state index in [0.29, 0.717) is 11.3 Å². The van der Waals surface area contributed by atoms with Gasteiger partial charge in [0, 0.05) is 11.9 Å². The van der Waals surface area contributed by atoms with Crippen molar-refractivity contribution in [2.75, 3.05) is 13.1 Å². The number of rotatable bonds is 5. The summed E-state index contributed by atoms with van der Waals surface area (Å²) in [7, 11) is 0. The van der Waals surface area contributed by atoms with Crippen molar-refractivity contribution in [2.24, 2.45) is 0 Å². The number of urea groups is 1. The van der Waals surface area contributed by atoms with Crippen molar-refractivity contribution in [1.82, 2.24) is 15.5 Å². The Kier molecular flexibility index (Phi) is 3.84. The van der Waals surface area contributed by atoms with Crippen molar-refractivity contribution in [2.45, 2.75) is 12.5 Å². The zero-order chi connectivity index (χ0) is 17.3. The van der Waals surface area contributed by atoms with Gasteiger partial charge in [0.25, 0.3) is 5.91 Å². The second-order valence-electron chi connectivity index (χ2n) is 5.69. The van der Waals surface area contributed by atoms with E-state index >= 15 is 0 Å². The van der Waals surface area contributed by atoms with Gasteiger partial charge >= 0.3 is 6.03 Å². The Morgan fingerprint density at radius 2 is 2.17 bits per heavy atom. The van der Waals surface area contributed by atoms with Crippen LogP contribution in [0.25, 0.3) is 11.0 Å². The van der Waals surface area contributed by atoms with E-state index in [9.17, 15) is 14.4 Å². The first-order chi connectivity index (χ1) is 11.5. The summed E-state index contributed by atoms with van der Waals surface area (Å²) in [6, 6.07) is 8.40. The molecule has 0 aliphatic carbocycles. The molecule has 7 nitrogen and oxygen atoms in total. The zero-order valence-electron chi connectivity index (χ0n) is 13.2. The van der Waals surface area contributed by atoms with Crippen molar-refractivity contribution in [3.63, 3.8) is 0 Å². The minimum absolute atomic E-state index is 0.267. The van der Waals surface area contributed by atoms with E-state index in [1.165, 1.54) is 6.08 Å². The average molecular weight is 327 g/mol. The number of furan rings is 1. The number of carbonyl (C=O) groups excluding carboxylic acids is 3. The number of fused-ring (bicyclic) bond motifs is 1. The van der Waals surface area contributed by atoms with Gasteiger partial charge in [-0.05, 0) is 19.1 Å². The summed E-state index contributed by atoms with van der Waals surface area (Å²) in [5, 5.41) is 5.98. The maximum atomic E-state index is 12.7. The third-order valence-electron chi connectivity index (χ3n) is 3.94. The fourth-order valence-corrected chi connectivity index (χ4v) is 2.62. The second-order valence-corrected chi connectivity index (χ2v) is 5.69. The molecule has 1 aliphatic rings. The minimum atomic E-state index is -1.34. The quantitative estimate of drug-likeness (QED) is 0.643. The molecule has 1 aliphatic heterocycles. The maximum Gasteiger partial charge on any atom is 0.325 e. The highest BCUT2D eigenvalue weighted by Crippen LogP contribution is 2.32. The number of imide groups is 1. The van der Waals surface area contributed by atoms with Gasteiger partial charge in [-0.2, -0.15) is 0 Å². The van der Waals surface area contributed by atoms with Crippen molar-refractivity contribution in [3.8, 4) is 0 Å². The maximum absolute atomic E-state index is 12.7. The molecule has 24 heavy (non-hydrogen) atoms. The van der Waals surface area contributed by atoms with Gasteiger partial charge in [0.2, 0.25) is 5.91 Å². The standard InChI is InChI=1S/C17H17N3O4/c1-3-8-18-14(21)10-20-15(22)17(2,19-16(20)23)13-9-11-6-4-5-7-12(11)24-13/h3-7,9H,1,8,10H2,2H3,(H,18,21)(H,19,23)/t17-/m0/s1. The van der Waals surface area contributed by atoms with Crippen LogP contribution in [0.2, 0.25) is 0 Å². The molecule has 0 saturated carbocycles. The molecule has 124 valence electrons. The number of nitrogens with zero attached hydrogens (tertiary/aromatic N) is 1. The number of benzene rings is 1. The second kappa shape index (κ2) is 5.84. The summed E-state index contributed by atoms with van der Waals surface area (Å²) in [6.45, 7) is 4.97. The van der Waals surface area contributed by atoms with Gasteiger partial charge < -0.3 is 15.1 Å². The van der Waals surface area contributed by atoms with Crippen LogP contribution in [0.3, 0.4) is 0 Å².